The fourth-order valence-electron chi connectivity index (χ4n) is 3.09. The Labute approximate surface area is 141 Å². The number of benzene rings is 1. The molecule has 7 nitrogen and oxygen atoms in total. The van der Waals surface area contributed by atoms with Crippen LogP contribution in [0, 0.1) is 10.1 Å². The lowest BCUT2D eigenvalue weighted by Gasteiger charge is -2.23. The van der Waals surface area contributed by atoms with Crippen LogP contribution in [0.15, 0.2) is 36.7 Å². The van der Waals surface area contributed by atoms with Gasteiger partial charge in [0, 0.05) is 68.8 Å². The SMILES string of the molecule is CCn1cc(CN2CCCN(c3ccc([N+](=O)[O-])cc3)CC2)cn1. The first-order chi connectivity index (χ1) is 11.7. The molecule has 0 amide bonds. The highest BCUT2D eigenvalue weighted by atomic mass is 16.6. The molecule has 3 rings (SSSR count). The molecule has 2 aromatic rings. The molecule has 0 bridgehead atoms. The van der Waals surface area contributed by atoms with Gasteiger partial charge in [-0.15, -0.1) is 0 Å². The Bertz CT molecular complexity index is 683. The molecule has 24 heavy (non-hydrogen) atoms. The lowest BCUT2D eigenvalue weighted by Crippen LogP contribution is -2.30. The molecule has 1 aliphatic heterocycles. The first-order valence-electron chi connectivity index (χ1n) is 8.39. The van der Waals surface area contributed by atoms with E-state index in [1.165, 1.54) is 5.56 Å². The number of hydrogen-bond acceptors (Lipinski definition) is 5. The quantitative estimate of drug-likeness (QED) is 0.623. The van der Waals surface area contributed by atoms with Gasteiger partial charge in [-0.2, -0.15) is 5.10 Å². The van der Waals surface area contributed by atoms with Gasteiger partial charge in [-0.3, -0.25) is 19.7 Å². The predicted molar refractivity (Wildman–Crippen MR) is 93.1 cm³/mol. The first-order valence-corrected chi connectivity index (χ1v) is 8.39. The van der Waals surface area contributed by atoms with Gasteiger partial charge in [0.05, 0.1) is 11.1 Å². The lowest BCUT2D eigenvalue weighted by molar-refractivity contribution is -0.384. The van der Waals surface area contributed by atoms with Crippen LogP contribution in [0.5, 0.6) is 0 Å². The molecular formula is C17H23N5O2. The van der Waals surface area contributed by atoms with E-state index in [9.17, 15) is 10.1 Å². The topological polar surface area (TPSA) is 67.4 Å². The number of rotatable bonds is 5. The van der Waals surface area contributed by atoms with Crippen molar-refractivity contribution in [3.63, 3.8) is 0 Å². The van der Waals surface area contributed by atoms with Gasteiger partial charge in [0.15, 0.2) is 0 Å². The van der Waals surface area contributed by atoms with E-state index in [-0.39, 0.29) is 10.6 Å². The molecule has 2 heterocycles. The molecule has 1 aromatic carbocycles. The van der Waals surface area contributed by atoms with E-state index < -0.39 is 0 Å². The maximum atomic E-state index is 10.8. The summed E-state index contributed by atoms with van der Waals surface area (Å²) in [7, 11) is 0. The van der Waals surface area contributed by atoms with Crippen LogP contribution in [0.2, 0.25) is 0 Å². The van der Waals surface area contributed by atoms with Crippen molar-refractivity contribution < 1.29 is 4.92 Å². The third-order valence-electron chi connectivity index (χ3n) is 4.43. The number of aromatic nitrogens is 2. The Morgan fingerprint density at radius 3 is 2.62 bits per heavy atom. The number of aryl methyl sites for hydroxylation is 1. The number of nitro groups is 1. The fourth-order valence-corrected chi connectivity index (χ4v) is 3.09. The standard InChI is InChI=1S/C17H23N5O2/c1-2-21-14-15(12-18-21)13-19-8-3-9-20(11-10-19)16-4-6-17(7-5-16)22(23)24/h4-7,12,14H,2-3,8-11,13H2,1H3. The average Bonchev–Trinajstić information content (AvgIpc) is 2.92. The normalized spacial score (nSPS) is 16.1. The Balaban J connectivity index is 1.59. The summed E-state index contributed by atoms with van der Waals surface area (Å²) in [5, 5.41) is 15.1. The van der Waals surface area contributed by atoms with Crippen LogP contribution in [0.25, 0.3) is 0 Å². The Hall–Kier alpha value is -2.41. The van der Waals surface area contributed by atoms with Gasteiger partial charge >= 0.3 is 0 Å². The average molecular weight is 329 g/mol. The second-order valence-electron chi connectivity index (χ2n) is 6.09. The Morgan fingerprint density at radius 2 is 1.96 bits per heavy atom. The monoisotopic (exact) mass is 329 g/mol. The van der Waals surface area contributed by atoms with Crippen molar-refractivity contribution in [2.24, 2.45) is 0 Å². The smallest absolute Gasteiger partial charge is 0.269 e. The van der Waals surface area contributed by atoms with Gasteiger partial charge < -0.3 is 4.90 Å². The van der Waals surface area contributed by atoms with Crippen LogP contribution in [0.1, 0.15) is 18.9 Å². The van der Waals surface area contributed by atoms with Gasteiger partial charge in [0.2, 0.25) is 0 Å². The van der Waals surface area contributed by atoms with E-state index in [2.05, 4.69) is 28.0 Å². The molecular weight excluding hydrogens is 306 g/mol. The van der Waals surface area contributed by atoms with E-state index >= 15 is 0 Å². The number of nitro benzene ring substituents is 1. The Kier molecular flexibility index (Phi) is 5.10. The van der Waals surface area contributed by atoms with Crippen LogP contribution in [0.3, 0.4) is 0 Å². The van der Waals surface area contributed by atoms with E-state index in [0.29, 0.717) is 0 Å². The highest BCUT2D eigenvalue weighted by molar-refractivity contribution is 5.51. The van der Waals surface area contributed by atoms with Crippen molar-refractivity contribution in [2.75, 3.05) is 31.1 Å². The first kappa shape index (κ1) is 16.4. The fraction of sp³-hybridized carbons (Fsp3) is 0.471. The molecule has 0 radical (unpaired) electrons. The molecule has 0 unspecified atom stereocenters. The van der Waals surface area contributed by atoms with Crippen LogP contribution < -0.4 is 4.90 Å². The van der Waals surface area contributed by atoms with Crippen molar-refractivity contribution in [3.05, 3.63) is 52.3 Å². The van der Waals surface area contributed by atoms with Crippen LogP contribution in [0.4, 0.5) is 11.4 Å². The zero-order valence-electron chi connectivity index (χ0n) is 14.0. The third-order valence-corrected chi connectivity index (χ3v) is 4.43. The molecule has 128 valence electrons. The largest absolute Gasteiger partial charge is 0.370 e. The van der Waals surface area contributed by atoms with Crippen LogP contribution in [-0.2, 0) is 13.1 Å². The summed E-state index contributed by atoms with van der Waals surface area (Å²) in [5.41, 5.74) is 2.45. The number of anilines is 1. The zero-order valence-corrected chi connectivity index (χ0v) is 14.0. The van der Waals surface area contributed by atoms with Gasteiger partial charge in [-0.05, 0) is 25.5 Å². The number of hydrogen-bond donors (Lipinski definition) is 0. The van der Waals surface area contributed by atoms with E-state index in [4.69, 9.17) is 0 Å². The van der Waals surface area contributed by atoms with Gasteiger partial charge in [0.25, 0.3) is 5.69 Å². The molecule has 1 aliphatic rings. The van der Waals surface area contributed by atoms with Crippen molar-refractivity contribution in [1.82, 2.24) is 14.7 Å². The van der Waals surface area contributed by atoms with Crippen LogP contribution >= 0.6 is 0 Å². The molecule has 7 heteroatoms. The second kappa shape index (κ2) is 7.44. The summed E-state index contributed by atoms with van der Waals surface area (Å²) in [6.07, 6.45) is 5.14. The second-order valence-corrected chi connectivity index (χ2v) is 6.09. The molecule has 0 N–H and O–H groups in total. The summed E-state index contributed by atoms with van der Waals surface area (Å²) in [4.78, 5) is 15.2. The van der Waals surface area contributed by atoms with Crippen molar-refractivity contribution >= 4 is 11.4 Å². The van der Waals surface area contributed by atoms with E-state index in [1.807, 2.05) is 23.0 Å². The van der Waals surface area contributed by atoms with E-state index in [0.717, 1.165) is 51.4 Å². The summed E-state index contributed by atoms with van der Waals surface area (Å²) in [6.45, 7) is 7.85. The van der Waals surface area contributed by atoms with Crippen molar-refractivity contribution in [2.45, 2.75) is 26.4 Å². The van der Waals surface area contributed by atoms with Gasteiger partial charge in [0.1, 0.15) is 0 Å². The highest BCUT2D eigenvalue weighted by Gasteiger charge is 2.16. The molecule has 1 fully saturated rings. The molecule has 0 aliphatic carbocycles. The molecule has 1 aromatic heterocycles. The van der Waals surface area contributed by atoms with Gasteiger partial charge in [-0.1, -0.05) is 0 Å². The van der Waals surface area contributed by atoms with Crippen molar-refractivity contribution in [1.29, 1.82) is 0 Å². The molecule has 1 saturated heterocycles. The minimum atomic E-state index is -0.357. The lowest BCUT2D eigenvalue weighted by atomic mass is 10.2. The summed E-state index contributed by atoms with van der Waals surface area (Å²) in [6, 6.07) is 6.85. The molecule has 0 spiro atoms. The minimum Gasteiger partial charge on any atom is -0.370 e. The summed E-state index contributed by atoms with van der Waals surface area (Å²) in [5.74, 6) is 0. The number of non-ortho nitro benzene ring substituents is 1. The summed E-state index contributed by atoms with van der Waals surface area (Å²) < 4.78 is 1.95. The maximum Gasteiger partial charge on any atom is 0.269 e. The molecule has 0 atom stereocenters. The Morgan fingerprint density at radius 1 is 1.17 bits per heavy atom. The van der Waals surface area contributed by atoms with E-state index in [1.54, 1.807) is 12.1 Å². The third kappa shape index (κ3) is 3.91. The highest BCUT2D eigenvalue weighted by Crippen LogP contribution is 2.21. The van der Waals surface area contributed by atoms with Crippen molar-refractivity contribution in [3.8, 4) is 0 Å². The summed E-state index contributed by atoms with van der Waals surface area (Å²) >= 11 is 0. The minimum absolute atomic E-state index is 0.142. The maximum absolute atomic E-state index is 10.8. The zero-order chi connectivity index (χ0) is 16.9. The predicted octanol–water partition coefficient (Wildman–Crippen LogP) is 2.52. The van der Waals surface area contributed by atoms with Crippen LogP contribution in [-0.4, -0.2) is 45.8 Å². The molecule has 0 saturated carbocycles. The van der Waals surface area contributed by atoms with Gasteiger partial charge in [-0.25, -0.2) is 0 Å². The number of nitrogens with zero attached hydrogens (tertiary/aromatic N) is 5.